The van der Waals surface area contributed by atoms with E-state index in [1.807, 2.05) is 37.3 Å². The standard InChI is InChI=1S/C17H15ClN2O2/c1-11(16-9-12-5-3-4-6-15(12)22-16)20(2)17(21)14-10-13(18)7-8-19-14/h3-11H,1-2H3. The molecule has 0 saturated heterocycles. The molecule has 1 atom stereocenters. The molecule has 0 N–H and O–H groups in total. The summed E-state index contributed by atoms with van der Waals surface area (Å²) in [6, 6.07) is 12.7. The van der Waals surface area contributed by atoms with E-state index in [-0.39, 0.29) is 11.9 Å². The normalized spacial score (nSPS) is 12.3. The molecule has 0 aliphatic rings. The monoisotopic (exact) mass is 314 g/mol. The lowest BCUT2D eigenvalue weighted by Gasteiger charge is -2.22. The summed E-state index contributed by atoms with van der Waals surface area (Å²) in [6.07, 6.45) is 1.52. The maximum absolute atomic E-state index is 12.5. The lowest BCUT2D eigenvalue weighted by Crippen LogP contribution is -2.30. The number of carbonyl (C=O) groups is 1. The topological polar surface area (TPSA) is 46.3 Å². The summed E-state index contributed by atoms with van der Waals surface area (Å²) in [5.41, 5.74) is 1.13. The van der Waals surface area contributed by atoms with E-state index in [2.05, 4.69) is 4.98 Å². The van der Waals surface area contributed by atoms with Crippen LogP contribution in [0.25, 0.3) is 11.0 Å². The Morgan fingerprint density at radius 2 is 2.05 bits per heavy atom. The summed E-state index contributed by atoms with van der Waals surface area (Å²) in [4.78, 5) is 18.2. The number of hydrogen-bond acceptors (Lipinski definition) is 3. The number of benzene rings is 1. The maximum atomic E-state index is 12.5. The van der Waals surface area contributed by atoms with Gasteiger partial charge in [0.1, 0.15) is 17.0 Å². The first-order valence-corrected chi connectivity index (χ1v) is 7.31. The Labute approximate surface area is 133 Å². The zero-order valence-corrected chi connectivity index (χ0v) is 13.0. The van der Waals surface area contributed by atoms with Crippen molar-refractivity contribution in [3.8, 4) is 0 Å². The van der Waals surface area contributed by atoms with Crippen molar-refractivity contribution in [2.75, 3.05) is 7.05 Å². The van der Waals surface area contributed by atoms with E-state index in [0.717, 1.165) is 16.7 Å². The van der Waals surface area contributed by atoms with Crippen LogP contribution >= 0.6 is 11.6 Å². The highest BCUT2D eigenvalue weighted by molar-refractivity contribution is 6.30. The van der Waals surface area contributed by atoms with Crippen LogP contribution in [0.2, 0.25) is 5.02 Å². The van der Waals surface area contributed by atoms with Crippen LogP contribution in [0.15, 0.2) is 53.1 Å². The van der Waals surface area contributed by atoms with Gasteiger partial charge >= 0.3 is 0 Å². The number of nitrogens with zero attached hydrogens (tertiary/aromatic N) is 2. The van der Waals surface area contributed by atoms with Crippen LogP contribution in [0.1, 0.15) is 29.2 Å². The van der Waals surface area contributed by atoms with Crippen molar-refractivity contribution in [2.24, 2.45) is 0 Å². The molecule has 4 nitrogen and oxygen atoms in total. The molecule has 1 aromatic carbocycles. The molecule has 0 spiro atoms. The minimum atomic E-state index is -0.208. The molecule has 0 fully saturated rings. The largest absolute Gasteiger partial charge is 0.459 e. The lowest BCUT2D eigenvalue weighted by molar-refractivity contribution is 0.0721. The Kier molecular flexibility index (Phi) is 3.86. The van der Waals surface area contributed by atoms with Crippen molar-refractivity contribution < 1.29 is 9.21 Å². The van der Waals surface area contributed by atoms with E-state index >= 15 is 0 Å². The van der Waals surface area contributed by atoms with Crippen molar-refractivity contribution in [3.63, 3.8) is 0 Å². The molecule has 0 saturated carbocycles. The number of fused-ring (bicyclic) bond motifs is 1. The molecule has 0 aliphatic carbocycles. The predicted octanol–water partition coefficient (Wildman–Crippen LogP) is 4.31. The molecule has 3 aromatic rings. The minimum absolute atomic E-state index is 0.199. The number of carbonyl (C=O) groups excluding carboxylic acids is 1. The molecule has 1 unspecified atom stereocenters. The van der Waals surface area contributed by atoms with Gasteiger partial charge < -0.3 is 9.32 Å². The van der Waals surface area contributed by atoms with E-state index in [4.69, 9.17) is 16.0 Å². The van der Waals surface area contributed by atoms with Crippen LogP contribution in [0.4, 0.5) is 0 Å². The van der Waals surface area contributed by atoms with Crippen molar-refractivity contribution >= 4 is 28.5 Å². The number of furan rings is 1. The highest BCUT2D eigenvalue weighted by Crippen LogP contribution is 2.27. The molecular formula is C17H15ClN2O2. The molecule has 2 aromatic heterocycles. The third-order valence-electron chi connectivity index (χ3n) is 3.70. The molecule has 1 amide bonds. The first-order valence-electron chi connectivity index (χ1n) is 6.93. The van der Waals surface area contributed by atoms with E-state index in [1.54, 1.807) is 24.1 Å². The van der Waals surface area contributed by atoms with Crippen LogP contribution in [0.5, 0.6) is 0 Å². The summed E-state index contributed by atoms with van der Waals surface area (Å²) < 4.78 is 5.82. The molecule has 0 bridgehead atoms. The Morgan fingerprint density at radius 1 is 1.27 bits per heavy atom. The van der Waals surface area contributed by atoms with Gasteiger partial charge in [-0.15, -0.1) is 0 Å². The van der Waals surface area contributed by atoms with Gasteiger partial charge in [-0.3, -0.25) is 9.78 Å². The van der Waals surface area contributed by atoms with Gasteiger partial charge in [-0.1, -0.05) is 29.8 Å². The van der Waals surface area contributed by atoms with E-state index in [0.29, 0.717) is 10.7 Å². The predicted molar refractivity (Wildman–Crippen MR) is 86.0 cm³/mol. The maximum Gasteiger partial charge on any atom is 0.272 e. The zero-order valence-electron chi connectivity index (χ0n) is 12.3. The number of amides is 1. The van der Waals surface area contributed by atoms with Crippen molar-refractivity contribution in [1.82, 2.24) is 9.88 Å². The fourth-order valence-electron chi connectivity index (χ4n) is 2.28. The van der Waals surface area contributed by atoms with Gasteiger partial charge in [-0.05, 0) is 31.2 Å². The van der Waals surface area contributed by atoms with Crippen LogP contribution < -0.4 is 0 Å². The first-order chi connectivity index (χ1) is 10.6. The van der Waals surface area contributed by atoms with Crippen molar-refractivity contribution in [1.29, 1.82) is 0 Å². The van der Waals surface area contributed by atoms with Gasteiger partial charge in [0.2, 0.25) is 0 Å². The smallest absolute Gasteiger partial charge is 0.272 e. The van der Waals surface area contributed by atoms with E-state index in [9.17, 15) is 4.79 Å². The number of hydrogen-bond donors (Lipinski definition) is 0. The third kappa shape index (κ3) is 2.70. The van der Waals surface area contributed by atoms with Crippen LogP contribution in [-0.4, -0.2) is 22.8 Å². The van der Waals surface area contributed by atoms with Gasteiger partial charge in [0, 0.05) is 23.7 Å². The summed E-state index contributed by atoms with van der Waals surface area (Å²) in [6.45, 7) is 1.92. The molecule has 2 heterocycles. The average molecular weight is 315 g/mol. The average Bonchev–Trinajstić information content (AvgIpc) is 2.96. The molecule has 5 heteroatoms. The molecule has 22 heavy (non-hydrogen) atoms. The Bertz CT molecular complexity index is 795. The Balaban J connectivity index is 1.87. The fourth-order valence-corrected chi connectivity index (χ4v) is 2.44. The quantitative estimate of drug-likeness (QED) is 0.723. The summed E-state index contributed by atoms with van der Waals surface area (Å²) >= 11 is 5.91. The number of pyridine rings is 1. The number of rotatable bonds is 3. The number of aromatic nitrogens is 1. The zero-order chi connectivity index (χ0) is 15.7. The van der Waals surface area contributed by atoms with Gasteiger partial charge in [0.25, 0.3) is 5.91 Å². The second-order valence-electron chi connectivity index (χ2n) is 5.14. The molecule has 0 aliphatic heterocycles. The van der Waals surface area contributed by atoms with Gasteiger partial charge in [-0.25, -0.2) is 0 Å². The van der Waals surface area contributed by atoms with E-state index in [1.165, 1.54) is 6.20 Å². The van der Waals surface area contributed by atoms with Gasteiger partial charge in [-0.2, -0.15) is 0 Å². The molecule has 0 radical (unpaired) electrons. The van der Waals surface area contributed by atoms with Crippen LogP contribution in [0.3, 0.4) is 0 Å². The molecular weight excluding hydrogens is 300 g/mol. The highest BCUT2D eigenvalue weighted by Gasteiger charge is 2.22. The SMILES string of the molecule is CC(c1cc2ccccc2o1)N(C)C(=O)c1cc(Cl)ccn1. The van der Waals surface area contributed by atoms with Crippen molar-refractivity contribution in [2.45, 2.75) is 13.0 Å². The fraction of sp³-hybridized carbons (Fsp3) is 0.176. The summed E-state index contributed by atoms with van der Waals surface area (Å²) in [5, 5.41) is 1.51. The molecule has 3 rings (SSSR count). The second-order valence-corrected chi connectivity index (χ2v) is 5.57. The molecule has 112 valence electrons. The van der Waals surface area contributed by atoms with E-state index < -0.39 is 0 Å². The Morgan fingerprint density at radius 3 is 2.77 bits per heavy atom. The number of halogens is 1. The lowest BCUT2D eigenvalue weighted by atomic mass is 10.2. The summed E-state index contributed by atoms with van der Waals surface area (Å²) in [5.74, 6) is 0.537. The second kappa shape index (κ2) is 5.81. The Hall–Kier alpha value is -2.33. The summed E-state index contributed by atoms with van der Waals surface area (Å²) in [7, 11) is 1.72. The van der Waals surface area contributed by atoms with Crippen LogP contribution in [-0.2, 0) is 0 Å². The van der Waals surface area contributed by atoms with Gasteiger partial charge in [0.05, 0.1) is 6.04 Å². The van der Waals surface area contributed by atoms with Crippen LogP contribution in [0, 0.1) is 0 Å². The minimum Gasteiger partial charge on any atom is -0.459 e. The third-order valence-corrected chi connectivity index (χ3v) is 3.93. The van der Waals surface area contributed by atoms with Crippen molar-refractivity contribution in [3.05, 3.63) is 65.1 Å². The highest BCUT2D eigenvalue weighted by atomic mass is 35.5. The number of para-hydroxylation sites is 1. The first kappa shape index (κ1) is 14.6. The van der Waals surface area contributed by atoms with Gasteiger partial charge in [0.15, 0.2) is 0 Å².